The quantitative estimate of drug-likeness (QED) is 0.221. The van der Waals surface area contributed by atoms with Gasteiger partial charge in [-0.25, -0.2) is 4.57 Å². The van der Waals surface area contributed by atoms with Crippen LogP contribution in [0.1, 0.15) is 0 Å². The van der Waals surface area contributed by atoms with Crippen LogP contribution in [-0.2, 0) is 24.0 Å². The maximum absolute atomic E-state index is 9.65. The van der Waals surface area contributed by atoms with Crippen molar-refractivity contribution in [3.63, 3.8) is 0 Å². The van der Waals surface area contributed by atoms with Crippen molar-refractivity contribution in [2.75, 3.05) is 0 Å². The average Bonchev–Trinajstić information content (AvgIpc) is 1.57. The summed E-state index contributed by atoms with van der Waals surface area (Å²) in [6.07, 6.45) is 0. The first-order valence-electron chi connectivity index (χ1n) is 1.61. The van der Waals surface area contributed by atoms with E-state index in [0.717, 1.165) is 0 Å². The molecule has 0 bridgehead atoms. The first kappa shape index (κ1) is 9.98. The van der Waals surface area contributed by atoms with Gasteiger partial charge in [0, 0.05) is 0 Å². The third-order valence-corrected chi connectivity index (χ3v) is 0.823. The largest absolute Gasteiger partial charge is 0.498 e. The molecule has 0 amide bonds. The lowest BCUT2D eigenvalue weighted by Crippen LogP contribution is -2.02. The van der Waals surface area contributed by atoms with Crippen LogP contribution in [0.3, 0.4) is 0 Å². The molecule has 10 heavy (non-hydrogen) atoms. The van der Waals surface area contributed by atoms with Crippen molar-refractivity contribution in [3.05, 3.63) is 0 Å². The van der Waals surface area contributed by atoms with E-state index in [-0.39, 0.29) is 0 Å². The predicted molar refractivity (Wildman–Crippen MR) is 25.8 cm³/mol. The second-order valence-electron chi connectivity index (χ2n) is 1.06. The summed E-state index contributed by atoms with van der Waals surface area (Å²) in [5.41, 5.74) is 0. The molecule has 10 heteroatoms. The third-order valence-electron chi connectivity index (χ3n) is 0.214. The van der Waals surface area contributed by atoms with Gasteiger partial charge in [0.05, 0.1) is 0 Å². The second kappa shape index (κ2) is 2.93. The van der Waals surface area contributed by atoms with Crippen LogP contribution in [-0.4, -0.2) is 22.8 Å². The van der Waals surface area contributed by atoms with Gasteiger partial charge in [-0.15, -0.1) is 4.67 Å². The molecular weight excluding hydrogens is 191 g/mol. The number of rotatable bonds is 3. The highest BCUT2D eigenvalue weighted by Crippen LogP contribution is 2.36. The van der Waals surface area contributed by atoms with Gasteiger partial charge in [-0.05, 0) is 0 Å². The molecule has 8 nitrogen and oxygen atoms in total. The molecule has 0 aliphatic carbocycles. The summed E-state index contributed by atoms with van der Waals surface area (Å²) < 4.78 is 42.2. The number of hydrogen-bond acceptors (Lipinski definition) is 5. The molecule has 0 heterocycles. The predicted octanol–water partition coefficient (Wildman–Crippen LogP) is -1.17. The zero-order valence-corrected chi connectivity index (χ0v) is 5.95. The summed E-state index contributed by atoms with van der Waals surface area (Å²) in [6, 6.07) is 0. The van der Waals surface area contributed by atoms with Crippen molar-refractivity contribution in [1.82, 2.24) is 0 Å². The van der Waals surface area contributed by atoms with Gasteiger partial charge in [0.2, 0.25) is 0 Å². The van der Waals surface area contributed by atoms with E-state index in [0.29, 0.717) is 0 Å². The first-order valence-corrected chi connectivity index (χ1v) is 4.51. The molecule has 0 aliphatic rings. The van der Waals surface area contributed by atoms with Crippen LogP contribution < -0.4 is 0 Å². The van der Waals surface area contributed by atoms with Gasteiger partial charge in [-0.3, -0.25) is 4.55 Å². The summed E-state index contributed by atoms with van der Waals surface area (Å²) >= 11 is 0. The van der Waals surface area contributed by atoms with E-state index >= 15 is 0 Å². The molecule has 0 fully saturated rings. The summed E-state index contributed by atoms with van der Waals surface area (Å²) in [6.45, 7) is 0. The van der Waals surface area contributed by atoms with Crippen molar-refractivity contribution in [2.45, 2.75) is 0 Å². The van der Waals surface area contributed by atoms with Gasteiger partial charge < -0.3 is 9.79 Å². The summed E-state index contributed by atoms with van der Waals surface area (Å²) in [4.78, 5) is 15.5. The van der Waals surface area contributed by atoms with Crippen molar-refractivity contribution in [1.29, 1.82) is 0 Å². The maximum Gasteiger partial charge on any atom is 0.498 e. The highest BCUT2D eigenvalue weighted by molar-refractivity contribution is 7.80. The fraction of sp³-hybridized carbons (Fsp3) is 0. The van der Waals surface area contributed by atoms with Gasteiger partial charge in [-0.2, -0.15) is 8.42 Å². The van der Waals surface area contributed by atoms with Crippen molar-refractivity contribution in [3.8, 4) is 0 Å². The normalized spacial score (nSPS) is 13.5. The minimum atomic E-state index is -5.02. The summed E-state index contributed by atoms with van der Waals surface area (Å²) in [5.74, 6) is 0. The van der Waals surface area contributed by atoms with E-state index in [1.54, 1.807) is 0 Å². The monoisotopic (exact) mass is 194 g/mol. The van der Waals surface area contributed by atoms with Crippen LogP contribution in [0.15, 0.2) is 0 Å². The fourth-order valence-electron chi connectivity index (χ4n) is 0.0781. The highest BCUT2D eigenvalue weighted by atomic mass is 32.3. The Morgan fingerprint density at radius 1 is 1.30 bits per heavy atom. The van der Waals surface area contributed by atoms with E-state index in [1.165, 1.54) is 0 Å². The lowest BCUT2D eigenvalue weighted by Gasteiger charge is -1.98. The SMILES string of the molecule is O=P(O)(O)OOS(=O)(=O)O. The molecule has 0 radical (unpaired) electrons. The van der Waals surface area contributed by atoms with E-state index in [1.807, 2.05) is 0 Å². The molecule has 0 unspecified atom stereocenters. The second-order valence-corrected chi connectivity index (χ2v) is 3.18. The Morgan fingerprint density at radius 3 is 1.80 bits per heavy atom. The van der Waals surface area contributed by atoms with E-state index in [2.05, 4.69) is 9.01 Å². The average molecular weight is 194 g/mol. The maximum atomic E-state index is 9.65. The number of hydrogen-bond donors (Lipinski definition) is 3. The Hall–Kier alpha value is -0.0200. The lowest BCUT2D eigenvalue weighted by molar-refractivity contribution is -0.124. The Kier molecular flexibility index (Phi) is 2.92. The zero-order chi connectivity index (χ0) is 8.41. The van der Waals surface area contributed by atoms with Gasteiger partial charge in [0.1, 0.15) is 0 Å². The van der Waals surface area contributed by atoms with Crippen LogP contribution in [0.2, 0.25) is 0 Å². The summed E-state index contributed by atoms with van der Waals surface area (Å²) in [5, 5.41) is 0. The minimum absolute atomic E-state index is 2.86. The van der Waals surface area contributed by atoms with Crippen molar-refractivity contribution < 1.29 is 36.3 Å². The molecule has 0 saturated carbocycles. The van der Waals surface area contributed by atoms with Crippen LogP contribution >= 0.6 is 7.82 Å². The molecule has 0 aromatic carbocycles. The molecule has 0 saturated heterocycles. The van der Waals surface area contributed by atoms with Crippen molar-refractivity contribution in [2.24, 2.45) is 0 Å². The minimum Gasteiger partial charge on any atom is -0.301 e. The smallest absolute Gasteiger partial charge is 0.301 e. The van der Waals surface area contributed by atoms with Crippen LogP contribution in [0.4, 0.5) is 0 Å². The summed E-state index contributed by atoms with van der Waals surface area (Å²) in [7, 11) is -10.00. The Labute approximate surface area is 55.5 Å². The lowest BCUT2D eigenvalue weighted by atomic mass is 14.9. The highest BCUT2D eigenvalue weighted by Gasteiger charge is 2.20. The molecule has 0 atom stereocenters. The first-order chi connectivity index (χ1) is 4.21. The van der Waals surface area contributed by atoms with Gasteiger partial charge in [0.15, 0.2) is 0 Å². The van der Waals surface area contributed by atoms with Crippen LogP contribution in [0, 0.1) is 0 Å². The molecular formula is H3O8PS. The molecule has 0 aliphatic heterocycles. The van der Waals surface area contributed by atoms with E-state index in [4.69, 9.17) is 14.3 Å². The molecule has 0 rings (SSSR count). The Bertz CT molecular complexity index is 228. The molecule has 62 valence electrons. The fourth-order valence-corrected chi connectivity index (χ4v) is 0.703. The standard InChI is InChI=1S/H3O8PS/c1-9(2,3)7-8-10(4,5)6/h(H2,1,2,3)(H,4,5,6). The molecule has 0 aromatic heterocycles. The molecule has 0 spiro atoms. The molecule has 3 N–H and O–H groups in total. The third kappa shape index (κ3) is 7.98. The zero-order valence-electron chi connectivity index (χ0n) is 4.24. The van der Waals surface area contributed by atoms with Gasteiger partial charge in [-0.1, -0.05) is 4.33 Å². The number of phosphoric acid groups is 1. The van der Waals surface area contributed by atoms with Gasteiger partial charge in [0.25, 0.3) is 0 Å². The van der Waals surface area contributed by atoms with Crippen LogP contribution in [0.5, 0.6) is 0 Å². The van der Waals surface area contributed by atoms with E-state index in [9.17, 15) is 13.0 Å². The van der Waals surface area contributed by atoms with Crippen LogP contribution in [0.25, 0.3) is 0 Å². The Balaban J connectivity index is 3.92. The topological polar surface area (TPSA) is 130 Å². The van der Waals surface area contributed by atoms with E-state index < -0.39 is 18.2 Å². The Morgan fingerprint density at radius 2 is 1.70 bits per heavy atom. The van der Waals surface area contributed by atoms with Gasteiger partial charge >= 0.3 is 18.2 Å². The van der Waals surface area contributed by atoms with Crippen molar-refractivity contribution >= 4 is 18.2 Å². The molecule has 0 aromatic rings.